The van der Waals surface area contributed by atoms with Gasteiger partial charge in [0, 0.05) is 47.8 Å². The number of fused-ring (bicyclic) bond motifs is 1. The van der Waals surface area contributed by atoms with Crippen molar-refractivity contribution in [1.82, 2.24) is 29.9 Å². The number of rotatable bonds is 4. The Bertz CT molecular complexity index is 1220. The zero-order chi connectivity index (χ0) is 18.2. The van der Waals surface area contributed by atoms with E-state index in [1.807, 2.05) is 68.2 Å². The average Bonchev–Trinajstić information content (AvgIpc) is 3.41. The Balaban J connectivity index is 1.51. The Labute approximate surface area is 153 Å². The van der Waals surface area contributed by atoms with Crippen molar-refractivity contribution in [1.29, 1.82) is 0 Å². The van der Waals surface area contributed by atoms with Crippen molar-refractivity contribution in [2.24, 2.45) is 7.05 Å². The van der Waals surface area contributed by atoms with Gasteiger partial charge in [0.1, 0.15) is 5.65 Å². The molecule has 27 heavy (non-hydrogen) atoms. The number of anilines is 2. The van der Waals surface area contributed by atoms with Crippen LogP contribution in [0.5, 0.6) is 0 Å². The zero-order valence-electron chi connectivity index (χ0n) is 14.4. The van der Waals surface area contributed by atoms with Gasteiger partial charge >= 0.3 is 6.01 Å². The number of hydrogen-bond donors (Lipinski definition) is 2. The SMILES string of the molecule is Cn1cc(-c2cnc3[nH]cc(-c4nnc(Nc5ccccc5)o4)c3c2)cn1. The molecule has 8 heteroatoms. The Morgan fingerprint density at radius 2 is 1.96 bits per heavy atom. The van der Waals surface area contributed by atoms with E-state index in [9.17, 15) is 0 Å². The van der Waals surface area contributed by atoms with Crippen LogP contribution in [0.3, 0.4) is 0 Å². The Hall–Kier alpha value is -3.94. The highest BCUT2D eigenvalue weighted by atomic mass is 16.4. The van der Waals surface area contributed by atoms with E-state index in [1.54, 1.807) is 4.68 Å². The van der Waals surface area contributed by atoms with Crippen LogP contribution in [-0.4, -0.2) is 29.9 Å². The molecule has 1 aromatic carbocycles. The van der Waals surface area contributed by atoms with E-state index < -0.39 is 0 Å². The minimum absolute atomic E-state index is 0.335. The smallest absolute Gasteiger partial charge is 0.320 e. The lowest BCUT2D eigenvalue weighted by atomic mass is 10.1. The van der Waals surface area contributed by atoms with E-state index in [2.05, 4.69) is 30.6 Å². The molecule has 0 saturated heterocycles. The maximum absolute atomic E-state index is 5.79. The second-order valence-corrected chi connectivity index (χ2v) is 6.13. The molecule has 4 aromatic heterocycles. The molecule has 2 N–H and O–H groups in total. The number of aryl methyl sites for hydroxylation is 1. The monoisotopic (exact) mass is 357 g/mol. The van der Waals surface area contributed by atoms with Crippen LogP contribution in [0.2, 0.25) is 0 Å². The van der Waals surface area contributed by atoms with Gasteiger partial charge in [-0.1, -0.05) is 23.3 Å². The highest BCUT2D eigenvalue weighted by molar-refractivity contribution is 5.93. The minimum atomic E-state index is 0.335. The van der Waals surface area contributed by atoms with Gasteiger partial charge in [-0.05, 0) is 18.2 Å². The van der Waals surface area contributed by atoms with Crippen molar-refractivity contribution in [2.75, 3.05) is 5.32 Å². The fourth-order valence-electron chi connectivity index (χ4n) is 2.94. The summed E-state index contributed by atoms with van der Waals surface area (Å²) in [5, 5.41) is 16.5. The van der Waals surface area contributed by atoms with Crippen LogP contribution in [0.1, 0.15) is 0 Å². The number of nitrogens with zero attached hydrogens (tertiary/aromatic N) is 5. The molecule has 0 fully saturated rings. The van der Waals surface area contributed by atoms with Crippen molar-refractivity contribution >= 4 is 22.7 Å². The van der Waals surface area contributed by atoms with Crippen molar-refractivity contribution in [3.8, 4) is 22.6 Å². The van der Waals surface area contributed by atoms with Crippen LogP contribution in [-0.2, 0) is 7.05 Å². The van der Waals surface area contributed by atoms with Crippen molar-refractivity contribution in [3.63, 3.8) is 0 Å². The first kappa shape index (κ1) is 15.3. The number of hydrogen-bond acceptors (Lipinski definition) is 6. The molecule has 0 aliphatic carbocycles. The van der Waals surface area contributed by atoms with E-state index in [1.165, 1.54) is 0 Å². The Morgan fingerprint density at radius 3 is 2.78 bits per heavy atom. The summed E-state index contributed by atoms with van der Waals surface area (Å²) in [6.07, 6.45) is 7.40. The van der Waals surface area contributed by atoms with Gasteiger partial charge in [0.05, 0.1) is 11.8 Å². The predicted molar refractivity (Wildman–Crippen MR) is 101 cm³/mol. The van der Waals surface area contributed by atoms with Gasteiger partial charge in [0.25, 0.3) is 5.89 Å². The summed E-state index contributed by atoms with van der Waals surface area (Å²) in [6.45, 7) is 0. The largest absolute Gasteiger partial charge is 0.403 e. The van der Waals surface area contributed by atoms with Gasteiger partial charge < -0.3 is 14.7 Å². The Kier molecular flexibility index (Phi) is 3.46. The topological polar surface area (TPSA) is 97.5 Å². The number of para-hydroxylation sites is 1. The quantitative estimate of drug-likeness (QED) is 0.508. The third-order valence-electron chi connectivity index (χ3n) is 4.25. The van der Waals surface area contributed by atoms with Gasteiger partial charge in [0.2, 0.25) is 0 Å². The summed E-state index contributed by atoms with van der Waals surface area (Å²) in [4.78, 5) is 7.64. The fraction of sp³-hybridized carbons (Fsp3) is 0.0526. The van der Waals surface area contributed by atoms with Crippen molar-refractivity contribution in [2.45, 2.75) is 0 Å². The molecule has 0 bridgehead atoms. The third kappa shape index (κ3) is 2.82. The predicted octanol–water partition coefficient (Wildman–Crippen LogP) is 3.76. The van der Waals surface area contributed by atoms with Gasteiger partial charge in [-0.25, -0.2) is 4.98 Å². The number of nitrogens with one attached hydrogen (secondary N) is 2. The molecule has 8 nitrogen and oxygen atoms in total. The lowest BCUT2D eigenvalue weighted by molar-refractivity contribution is 0.588. The maximum atomic E-state index is 5.79. The molecule has 132 valence electrons. The number of benzene rings is 1. The highest BCUT2D eigenvalue weighted by Crippen LogP contribution is 2.31. The molecule has 4 heterocycles. The second-order valence-electron chi connectivity index (χ2n) is 6.13. The van der Waals surface area contributed by atoms with Gasteiger partial charge in [0.15, 0.2) is 0 Å². The molecular weight excluding hydrogens is 342 g/mol. The summed E-state index contributed by atoms with van der Waals surface area (Å²) in [5.74, 6) is 0.421. The van der Waals surface area contributed by atoms with E-state index in [-0.39, 0.29) is 0 Å². The summed E-state index contributed by atoms with van der Waals surface area (Å²) < 4.78 is 7.55. The number of aromatic nitrogens is 6. The molecule has 0 amide bonds. The van der Waals surface area contributed by atoms with Crippen molar-refractivity contribution < 1.29 is 4.42 Å². The lowest BCUT2D eigenvalue weighted by Crippen LogP contribution is -1.88. The maximum Gasteiger partial charge on any atom is 0.320 e. The molecular formula is C19H15N7O. The van der Waals surface area contributed by atoms with Crippen LogP contribution in [0, 0.1) is 0 Å². The molecule has 0 aliphatic rings. The molecule has 5 aromatic rings. The average molecular weight is 357 g/mol. The third-order valence-corrected chi connectivity index (χ3v) is 4.25. The van der Waals surface area contributed by atoms with Crippen LogP contribution >= 0.6 is 0 Å². The first-order valence-corrected chi connectivity index (χ1v) is 8.38. The number of H-pyrrole nitrogens is 1. The standard InChI is InChI=1S/C19H15N7O/c1-26-11-13(9-22-26)12-7-15-16(10-21-17(15)20-8-12)18-24-25-19(27-18)23-14-5-3-2-4-6-14/h2-11H,1H3,(H,20,21)(H,23,25). The summed E-state index contributed by atoms with van der Waals surface area (Å²) in [7, 11) is 1.89. The summed E-state index contributed by atoms with van der Waals surface area (Å²) in [6, 6.07) is 12.1. The molecule has 0 saturated carbocycles. The van der Waals surface area contributed by atoms with Crippen LogP contribution in [0.15, 0.2) is 65.6 Å². The number of aromatic amines is 1. The summed E-state index contributed by atoms with van der Waals surface area (Å²) in [5.41, 5.74) is 4.41. The van der Waals surface area contributed by atoms with Crippen LogP contribution < -0.4 is 5.32 Å². The number of pyridine rings is 1. The van der Waals surface area contributed by atoms with E-state index in [0.717, 1.165) is 33.4 Å². The molecule has 0 spiro atoms. The molecule has 0 unspecified atom stereocenters. The van der Waals surface area contributed by atoms with E-state index >= 15 is 0 Å². The van der Waals surface area contributed by atoms with Crippen LogP contribution in [0.25, 0.3) is 33.6 Å². The summed E-state index contributed by atoms with van der Waals surface area (Å²) >= 11 is 0. The van der Waals surface area contributed by atoms with E-state index in [0.29, 0.717) is 11.9 Å². The zero-order valence-corrected chi connectivity index (χ0v) is 14.4. The first-order valence-electron chi connectivity index (χ1n) is 8.38. The van der Waals surface area contributed by atoms with Gasteiger partial charge in [-0.2, -0.15) is 5.10 Å². The van der Waals surface area contributed by atoms with Gasteiger partial charge in [-0.15, -0.1) is 5.10 Å². The second kappa shape index (κ2) is 6.10. The molecule has 0 radical (unpaired) electrons. The highest BCUT2D eigenvalue weighted by Gasteiger charge is 2.15. The Morgan fingerprint density at radius 1 is 1.07 bits per heavy atom. The lowest BCUT2D eigenvalue weighted by Gasteiger charge is -1.99. The molecule has 5 rings (SSSR count). The van der Waals surface area contributed by atoms with Crippen LogP contribution in [0.4, 0.5) is 11.7 Å². The van der Waals surface area contributed by atoms with Crippen molar-refractivity contribution in [3.05, 3.63) is 61.2 Å². The molecule has 0 aliphatic heterocycles. The molecule has 0 atom stereocenters. The first-order chi connectivity index (χ1) is 13.3. The minimum Gasteiger partial charge on any atom is -0.403 e. The normalized spacial score (nSPS) is 11.1. The van der Waals surface area contributed by atoms with E-state index in [4.69, 9.17) is 4.42 Å². The fourth-order valence-corrected chi connectivity index (χ4v) is 2.94. The van der Waals surface area contributed by atoms with Gasteiger partial charge in [-0.3, -0.25) is 4.68 Å².